The van der Waals surface area contributed by atoms with E-state index in [2.05, 4.69) is 6.58 Å². The first kappa shape index (κ1) is 11.2. The van der Waals surface area contributed by atoms with Gasteiger partial charge in [0.1, 0.15) is 19.2 Å². The molecule has 1 spiro atoms. The maximum Gasteiger partial charge on any atom is 0.396 e. The molecule has 4 nitrogen and oxygen atoms in total. The van der Waals surface area contributed by atoms with Crippen LogP contribution in [0.2, 0.25) is 0 Å². The van der Waals surface area contributed by atoms with Gasteiger partial charge in [-0.3, -0.25) is 4.48 Å². The minimum atomic E-state index is -0.375. The molecule has 2 heterocycles. The summed E-state index contributed by atoms with van der Waals surface area (Å²) in [6.07, 6.45) is 3.98. The van der Waals surface area contributed by atoms with E-state index >= 15 is 0 Å². The third-order valence-corrected chi connectivity index (χ3v) is 3.67. The van der Waals surface area contributed by atoms with Crippen molar-refractivity contribution in [1.29, 1.82) is 0 Å². The molecule has 2 aliphatic rings. The van der Waals surface area contributed by atoms with Crippen LogP contribution in [0.3, 0.4) is 0 Å². The Morgan fingerprint density at radius 3 is 3.00 bits per heavy atom. The number of hydrogen-bond acceptors (Lipinski definition) is 3. The Hall–Kier alpha value is -1.29. The Morgan fingerprint density at radius 1 is 1.62 bits per heavy atom. The highest BCUT2D eigenvalue weighted by molar-refractivity contribution is 5.87. The molecule has 1 N–H and O–H groups in total. The summed E-state index contributed by atoms with van der Waals surface area (Å²) in [4.78, 5) is 11.8. The van der Waals surface area contributed by atoms with Gasteiger partial charge in [-0.2, -0.15) is 0 Å². The molecule has 0 aromatic rings. The molecule has 0 aliphatic carbocycles. The summed E-state index contributed by atoms with van der Waals surface area (Å²) in [6, 6.07) is 0.227. The van der Waals surface area contributed by atoms with E-state index in [1.807, 2.05) is 6.08 Å². The van der Waals surface area contributed by atoms with E-state index in [4.69, 9.17) is 4.74 Å². The van der Waals surface area contributed by atoms with Crippen molar-refractivity contribution in [1.82, 2.24) is 0 Å². The van der Waals surface area contributed by atoms with Gasteiger partial charge in [-0.1, -0.05) is 6.58 Å². The first-order chi connectivity index (χ1) is 7.62. The molecule has 2 saturated heterocycles. The number of allylic oxidation sites excluding steroid dienone is 1. The molecule has 2 atom stereocenters. The number of cyclic esters (lactones) is 1. The third-order valence-electron chi connectivity index (χ3n) is 3.67. The van der Waals surface area contributed by atoms with Gasteiger partial charge in [-0.05, 0) is 13.0 Å². The molecule has 2 aliphatic heterocycles. The number of aliphatic hydroxyl groups excluding tert-OH is 1. The predicted molar refractivity (Wildman–Crippen MR) is 59.5 cm³/mol. The van der Waals surface area contributed by atoms with Crippen molar-refractivity contribution < 1.29 is 19.1 Å². The van der Waals surface area contributed by atoms with Gasteiger partial charge >= 0.3 is 5.97 Å². The fraction of sp³-hybridized carbons (Fsp3) is 0.583. The molecule has 0 unspecified atom stereocenters. The number of carbonyl (C=O) groups is 1. The number of rotatable bonds is 1. The van der Waals surface area contributed by atoms with E-state index in [0.29, 0.717) is 16.8 Å². The van der Waals surface area contributed by atoms with Crippen LogP contribution >= 0.6 is 0 Å². The maximum atomic E-state index is 11.8. The number of aliphatic hydroxyl groups is 1. The molecular weight excluding hydrogens is 206 g/mol. The quantitative estimate of drug-likeness (QED) is 0.241. The number of morpholine rings is 1. The summed E-state index contributed by atoms with van der Waals surface area (Å²) in [5.74, 6) is -0.293. The SMILES string of the molecule is C=C[C@@H]1CCC[N@@+]12CCOC(=O)/C2=C(/C)O. The Balaban J connectivity index is 2.48. The van der Waals surface area contributed by atoms with Crippen molar-refractivity contribution in [2.45, 2.75) is 25.8 Å². The number of nitrogens with zero attached hydrogens (tertiary/aromatic N) is 1. The Morgan fingerprint density at radius 2 is 2.38 bits per heavy atom. The zero-order valence-corrected chi connectivity index (χ0v) is 9.61. The Kier molecular flexibility index (Phi) is 2.76. The first-order valence-corrected chi connectivity index (χ1v) is 5.68. The van der Waals surface area contributed by atoms with Crippen molar-refractivity contribution in [2.75, 3.05) is 19.7 Å². The van der Waals surface area contributed by atoms with Gasteiger partial charge < -0.3 is 9.84 Å². The molecule has 2 rings (SSSR count). The molecular formula is C12H18NO3+. The molecule has 0 aromatic heterocycles. The summed E-state index contributed by atoms with van der Waals surface area (Å²) in [5, 5.41) is 9.72. The number of carbonyl (C=O) groups excluding carboxylic acids is 1. The topological polar surface area (TPSA) is 46.5 Å². The van der Waals surface area contributed by atoms with Crippen LogP contribution in [0.15, 0.2) is 24.1 Å². The highest BCUT2D eigenvalue weighted by Crippen LogP contribution is 2.36. The number of quaternary nitrogens is 1. The number of ether oxygens (including phenoxy) is 1. The van der Waals surface area contributed by atoms with Crippen LogP contribution < -0.4 is 0 Å². The summed E-state index contributed by atoms with van der Waals surface area (Å²) >= 11 is 0. The normalized spacial score (nSPS) is 37.3. The summed E-state index contributed by atoms with van der Waals surface area (Å²) in [7, 11) is 0. The van der Waals surface area contributed by atoms with Gasteiger partial charge in [0.2, 0.25) is 0 Å². The third kappa shape index (κ3) is 1.45. The maximum absolute atomic E-state index is 11.8. The average Bonchev–Trinajstić information content (AvgIpc) is 2.60. The van der Waals surface area contributed by atoms with E-state index < -0.39 is 0 Å². The lowest BCUT2D eigenvalue weighted by molar-refractivity contribution is -0.898. The van der Waals surface area contributed by atoms with Crippen molar-refractivity contribution in [2.24, 2.45) is 0 Å². The van der Waals surface area contributed by atoms with Crippen LogP contribution in [0.1, 0.15) is 19.8 Å². The van der Waals surface area contributed by atoms with Crippen LogP contribution in [-0.2, 0) is 9.53 Å². The lowest BCUT2D eigenvalue weighted by Crippen LogP contribution is -2.57. The highest BCUT2D eigenvalue weighted by atomic mass is 16.5. The average molecular weight is 224 g/mol. The predicted octanol–water partition coefficient (Wildman–Crippen LogP) is 1.50. The second-order valence-corrected chi connectivity index (χ2v) is 4.50. The number of esters is 1. The molecule has 0 amide bonds. The monoisotopic (exact) mass is 224 g/mol. The lowest BCUT2D eigenvalue weighted by Gasteiger charge is -2.41. The second-order valence-electron chi connectivity index (χ2n) is 4.50. The molecule has 2 fully saturated rings. The first-order valence-electron chi connectivity index (χ1n) is 5.68. The summed E-state index contributed by atoms with van der Waals surface area (Å²) < 4.78 is 5.56. The van der Waals surface area contributed by atoms with Crippen molar-refractivity contribution in [3.63, 3.8) is 0 Å². The molecule has 0 saturated carbocycles. The fourth-order valence-electron chi connectivity index (χ4n) is 3.00. The van der Waals surface area contributed by atoms with Crippen molar-refractivity contribution in [3.05, 3.63) is 24.1 Å². The zero-order valence-electron chi connectivity index (χ0n) is 9.61. The molecule has 0 bridgehead atoms. The smallest absolute Gasteiger partial charge is 0.396 e. The molecule has 0 aromatic carbocycles. The van der Waals surface area contributed by atoms with Gasteiger partial charge in [-0.15, -0.1) is 0 Å². The minimum absolute atomic E-state index is 0.0819. The standard InChI is InChI=1S/C12H17NO3/c1-3-10-5-4-6-13(10)7-8-16-12(15)11(13)9(2)14/h3,10H,1,4-8H2,2H3/p+1/t10-,13-/m1/s1. The fourth-order valence-corrected chi connectivity index (χ4v) is 3.00. The number of hydrogen-bond donors (Lipinski definition) is 1. The van der Waals surface area contributed by atoms with Gasteiger partial charge in [0, 0.05) is 12.8 Å². The van der Waals surface area contributed by atoms with Gasteiger partial charge in [0.05, 0.1) is 6.54 Å². The van der Waals surface area contributed by atoms with Crippen LogP contribution in [-0.4, -0.2) is 41.3 Å². The highest BCUT2D eigenvalue weighted by Gasteiger charge is 2.51. The van der Waals surface area contributed by atoms with Gasteiger partial charge in [0.15, 0.2) is 5.76 Å². The largest absolute Gasteiger partial charge is 0.506 e. The van der Waals surface area contributed by atoms with E-state index in [-0.39, 0.29) is 17.8 Å². The lowest BCUT2D eigenvalue weighted by atomic mass is 10.1. The molecule has 16 heavy (non-hydrogen) atoms. The Bertz CT molecular complexity index is 357. The van der Waals surface area contributed by atoms with Crippen molar-refractivity contribution >= 4 is 5.97 Å². The molecule has 0 radical (unpaired) electrons. The minimum Gasteiger partial charge on any atom is -0.506 e. The summed E-state index contributed by atoms with van der Waals surface area (Å²) in [6.45, 7) is 7.46. The van der Waals surface area contributed by atoms with E-state index in [0.717, 1.165) is 25.9 Å². The second kappa shape index (κ2) is 3.94. The molecule has 88 valence electrons. The zero-order chi connectivity index (χ0) is 11.8. The Labute approximate surface area is 95.4 Å². The van der Waals surface area contributed by atoms with Crippen LogP contribution in [0.25, 0.3) is 0 Å². The van der Waals surface area contributed by atoms with Crippen molar-refractivity contribution in [3.8, 4) is 0 Å². The van der Waals surface area contributed by atoms with E-state index in [1.165, 1.54) is 0 Å². The molecule has 4 heteroatoms. The van der Waals surface area contributed by atoms with Crippen LogP contribution in [0.4, 0.5) is 0 Å². The summed E-state index contributed by atoms with van der Waals surface area (Å²) in [5.41, 5.74) is 0.425. The van der Waals surface area contributed by atoms with E-state index in [9.17, 15) is 9.90 Å². The van der Waals surface area contributed by atoms with Crippen LogP contribution in [0, 0.1) is 0 Å². The van der Waals surface area contributed by atoms with Gasteiger partial charge in [-0.25, -0.2) is 4.79 Å². The van der Waals surface area contributed by atoms with Gasteiger partial charge in [0.25, 0.3) is 5.70 Å². The van der Waals surface area contributed by atoms with E-state index in [1.54, 1.807) is 6.92 Å². The van der Waals surface area contributed by atoms with Crippen LogP contribution in [0.5, 0.6) is 0 Å².